The van der Waals surface area contributed by atoms with Crippen molar-refractivity contribution < 1.29 is 9.53 Å². The van der Waals surface area contributed by atoms with Gasteiger partial charge in [-0.3, -0.25) is 9.79 Å². The molecule has 1 aliphatic carbocycles. The van der Waals surface area contributed by atoms with E-state index in [4.69, 9.17) is 4.74 Å². The van der Waals surface area contributed by atoms with Crippen molar-refractivity contribution in [2.75, 3.05) is 46.4 Å². The van der Waals surface area contributed by atoms with E-state index in [9.17, 15) is 4.79 Å². The smallest absolute Gasteiger partial charge is 0.251 e. The van der Waals surface area contributed by atoms with Gasteiger partial charge in [-0.15, -0.1) is 24.0 Å². The second kappa shape index (κ2) is 10.6. The zero-order valence-electron chi connectivity index (χ0n) is 17.3. The number of rotatable bonds is 3. The van der Waals surface area contributed by atoms with Crippen LogP contribution in [0.2, 0.25) is 0 Å². The lowest BCUT2D eigenvalue weighted by Gasteiger charge is -2.37. The molecule has 7 heteroatoms. The average molecular weight is 512 g/mol. The summed E-state index contributed by atoms with van der Waals surface area (Å²) < 4.78 is 5.56. The van der Waals surface area contributed by atoms with Crippen LogP contribution in [-0.2, 0) is 16.0 Å². The third-order valence-corrected chi connectivity index (χ3v) is 6.31. The first-order valence-electron chi connectivity index (χ1n) is 10.7. The third-order valence-electron chi connectivity index (χ3n) is 6.31. The van der Waals surface area contributed by atoms with Crippen molar-refractivity contribution in [3.63, 3.8) is 0 Å². The number of hydrogen-bond donors (Lipinski definition) is 1. The van der Waals surface area contributed by atoms with Crippen LogP contribution in [0.4, 0.5) is 0 Å². The molecule has 2 heterocycles. The minimum atomic E-state index is -0.213. The maximum atomic E-state index is 12.5. The number of carbonyl (C=O) groups is 1. The molecule has 2 aliphatic heterocycles. The first-order valence-corrected chi connectivity index (χ1v) is 10.7. The number of guanidine groups is 1. The van der Waals surface area contributed by atoms with Crippen molar-refractivity contribution in [3.05, 3.63) is 35.4 Å². The van der Waals surface area contributed by atoms with Gasteiger partial charge in [-0.1, -0.05) is 24.3 Å². The van der Waals surface area contributed by atoms with Crippen LogP contribution in [0.5, 0.6) is 0 Å². The van der Waals surface area contributed by atoms with Gasteiger partial charge in [0.25, 0.3) is 5.91 Å². The minimum absolute atomic E-state index is 0. The highest BCUT2D eigenvalue weighted by Gasteiger charge is 2.31. The van der Waals surface area contributed by atoms with E-state index in [1.54, 1.807) is 0 Å². The van der Waals surface area contributed by atoms with E-state index >= 15 is 0 Å². The van der Waals surface area contributed by atoms with Gasteiger partial charge in [-0.25, -0.2) is 0 Å². The van der Waals surface area contributed by atoms with Crippen LogP contribution in [0, 0.1) is 0 Å². The van der Waals surface area contributed by atoms with E-state index in [1.165, 1.54) is 30.4 Å². The van der Waals surface area contributed by atoms with Gasteiger partial charge in [0.1, 0.15) is 6.10 Å². The summed E-state index contributed by atoms with van der Waals surface area (Å²) >= 11 is 0. The first-order chi connectivity index (χ1) is 13.8. The summed E-state index contributed by atoms with van der Waals surface area (Å²) in [6.07, 6.45) is 5.33. The molecule has 2 unspecified atom stereocenters. The Morgan fingerprint density at radius 2 is 1.90 bits per heavy atom. The molecule has 1 N–H and O–H groups in total. The summed E-state index contributed by atoms with van der Waals surface area (Å²) in [6.45, 7) is 4.76. The molecule has 0 radical (unpaired) electrons. The molecule has 4 rings (SSSR count). The Kier molecular flexibility index (Phi) is 8.17. The first kappa shape index (κ1) is 22.3. The van der Waals surface area contributed by atoms with Crippen molar-refractivity contribution in [1.82, 2.24) is 15.1 Å². The van der Waals surface area contributed by atoms with Gasteiger partial charge in [0.05, 0.1) is 0 Å². The number of nitrogens with one attached hydrogen (secondary N) is 1. The molecule has 3 aliphatic rings. The fourth-order valence-corrected chi connectivity index (χ4v) is 4.73. The van der Waals surface area contributed by atoms with E-state index in [2.05, 4.69) is 39.5 Å². The van der Waals surface area contributed by atoms with Crippen LogP contribution in [0.1, 0.15) is 42.7 Å². The van der Waals surface area contributed by atoms with E-state index in [0.29, 0.717) is 5.92 Å². The Labute approximate surface area is 191 Å². The monoisotopic (exact) mass is 512 g/mol. The largest absolute Gasteiger partial charge is 0.368 e. The van der Waals surface area contributed by atoms with Crippen molar-refractivity contribution >= 4 is 35.8 Å². The Morgan fingerprint density at radius 3 is 2.62 bits per heavy atom. The molecule has 1 aromatic carbocycles. The van der Waals surface area contributed by atoms with E-state index < -0.39 is 0 Å². The zero-order valence-corrected chi connectivity index (χ0v) is 19.6. The molecule has 2 saturated heterocycles. The number of amides is 1. The topological polar surface area (TPSA) is 57.2 Å². The SMILES string of the molecule is CN=C(NCC1CCCc2ccccc21)N1CCN(C(=O)C2CCCO2)CC1.I. The van der Waals surface area contributed by atoms with Gasteiger partial charge >= 0.3 is 0 Å². The summed E-state index contributed by atoms with van der Waals surface area (Å²) in [5.74, 6) is 1.66. The van der Waals surface area contributed by atoms with Crippen molar-refractivity contribution in [2.45, 2.75) is 44.1 Å². The van der Waals surface area contributed by atoms with Crippen LogP contribution < -0.4 is 5.32 Å². The molecule has 2 fully saturated rings. The number of nitrogens with zero attached hydrogens (tertiary/aromatic N) is 3. The molecule has 1 aromatic rings. The Hall–Kier alpha value is -1.35. The third kappa shape index (κ3) is 5.23. The van der Waals surface area contributed by atoms with Crippen LogP contribution in [0.3, 0.4) is 0 Å². The standard InChI is InChI=1S/C22H32N4O2.HI/c1-23-22(24-16-18-8-4-7-17-6-2-3-9-19(17)18)26-13-11-25(12-14-26)21(27)20-10-5-15-28-20;/h2-3,6,9,18,20H,4-5,7-8,10-16H2,1H3,(H,23,24);1H. The van der Waals surface area contributed by atoms with Gasteiger partial charge in [-0.2, -0.15) is 0 Å². The molecule has 2 atom stereocenters. The molecule has 0 saturated carbocycles. The normalized spacial score (nSPS) is 24.7. The minimum Gasteiger partial charge on any atom is -0.368 e. The lowest BCUT2D eigenvalue weighted by atomic mass is 9.83. The fraction of sp³-hybridized carbons (Fsp3) is 0.636. The molecule has 29 heavy (non-hydrogen) atoms. The quantitative estimate of drug-likeness (QED) is 0.385. The molecule has 6 nitrogen and oxygen atoms in total. The molecular weight excluding hydrogens is 479 g/mol. The number of ether oxygens (including phenoxy) is 1. The highest BCUT2D eigenvalue weighted by Crippen LogP contribution is 2.30. The second-order valence-corrected chi connectivity index (χ2v) is 8.03. The fourth-order valence-electron chi connectivity index (χ4n) is 4.73. The Balaban J connectivity index is 0.00000240. The van der Waals surface area contributed by atoms with Gasteiger partial charge in [0.2, 0.25) is 0 Å². The van der Waals surface area contributed by atoms with Crippen molar-refractivity contribution in [2.24, 2.45) is 4.99 Å². The summed E-state index contributed by atoms with van der Waals surface area (Å²) in [7, 11) is 1.85. The summed E-state index contributed by atoms with van der Waals surface area (Å²) in [6, 6.07) is 8.83. The number of aryl methyl sites for hydroxylation is 1. The van der Waals surface area contributed by atoms with Crippen LogP contribution in [0.15, 0.2) is 29.3 Å². The predicted molar refractivity (Wildman–Crippen MR) is 126 cm³/mol. The maximum absolute atomic E-state index is 12.5. The number of benzene rings is 1. The number of piperazine rings is 1. The highest BCUT2D eigenvalue weighted by molar-refractivity contribution is 14.0. The zero-order chi connectivity index (χ0) is 19.3. The molecule has 0 bridgehead atoms. The average Bonchev–Trinajstić information content (AvgIpc) is 3.29. The van der Waals surface area contributed by atoms with Gasteiger partial charge in [0, 0.05) is 52.3 Å². The number of fused-ring (bicyclic) bond motifs is 1. The van der Waals surface area contributed by atoms with E-state index in [1.807, 2.05) is 11.9 Å². The molecule has 0 aromatic heterocycles. The van der Waals surface area contributed by atoms with Gasteiger partial charge < -0.3 is 19.9 Å². The second-order valence-electron chi connectivity index (χ2n) is 8.03. The van der Waals surface area contributed by atoms with Crippen LogP contribution in [0.25, 0.3) is 0 Å². The summed E-state index contributed by atoms with van der Waals surface area (Å²) in [5.41, 5.74) is 2.99. The lowest BCUT2D eigenvalue weighted by Crippen LogP contribution is -2.55. The molecule has 1 amide bonds. The number of carbonyl (C=O) groups excluding carboxylic acids is 1. The van der Waals surface area contributed by atoms with Crippen LogP contribution >= 0.6 is 24.0 Å². The molecular formula is C22H33IN4O2. The van der Waals surface area contributed by atoms with E-state index in [0.717, 1.165) is 58.1 Å². The number of aliphatic imine (C=N–C) groups is 1. The molecule has 0 spiro atoms. The van der Waals surface area contributed by atoms with Crippen molar-refractivity contribution in [1.29, 1.82) is 0 Å². The van der Waals surface area contributed by atoms with Gasteiger partial charge in [0.15, 0.2) is 5.96 Å². The Bertz CT molecular complexity index is 713. The molecule has 160 valence electrons. The summed E-state index contributed by atoms with van der Waals surface area (Å²) in [4.78, 5) is 21.3. The number of halogens is 1. The van der Waals surface area contributed by atoms with Crippen molar-refractivity contribution in [3.8, 4) is 0 Å². The number of hydrogen-bond acceptors (Lipinski definition) is 3. The Morgan fingerprint density at radius 1 is 1.14 bits per heavy atom. The van der Waals surface area contributed by atoms with E-state index in [-0.39, 0.29) is 36.0 Å². The predicted octanol–water partition coefficient (Wildman–Crippen LogP) is 2.62. The lowest BCUT2D eigenvalue weighted by molar-refractivity contribution is -0.142. The van der Waals surface area contributed by atoms with Crippen LogP contribution in [-0.4, -0.2) is 74.1 Å². The van der Waals surface area contributed by atoms with Gasteiger partial charge in [-0.05, 0) is 43.2 Å². The maximum Gasteiger partial charge on any atom is 0.251 e. The highest BCUT2D eigenvalue weighted by atomic mass is 127. The summed E-state index contributed by atoms with van der Waals surface area (Å²) in [5, 5.41) is 3.60.